The van der Waals surface area contributed by atoms with Gasteiger partial charge in [-0.3, -0.25) is 14.5 Å². The molecular formula is C25H26BN9O3Re-. The molecule has 14 heteroatoms. The summed E-state index contributed by atoms with van der Waals surface area (Å²) >= 11 is 0. The van der Waals surface area contributed by atoms with Crippen molar-refractivity contribution in [2.75, 3.05) is 7.05 Å². The molecule has 8 rings (SSSR count). The fourth-order valence-electron chi connectivity index (χ4n) is 4.73. The minimum atomic E-state index is -0.194. The largest absolute Gasteiger partial charge is 0.425 e. The Kier molecular flexibility index (Phi) is 10.3. The Balaban J connectivity index is 0.000000167. The van der Waals surface area contributed by atoms with Crippen LogP contribution in [0.3, 0.4) is 0 Å². The molecule has 2 atom stereocenters. The monoisotopic (exact) mass is 698 g/mol. The van der Waals surface area contributed by atoms with Crippen molar-refractivity contribution < 1.29 is 34.7 Å². The molecular weight excluding hydrogens is 671 g/mol. The zero-order valence-corrected chi connectivity index (χ0v) is 24.0. The third-order valence-electron chi connectivity index (χ3n) is 6.48. The maximum Gasteiger partial charge on any atom is 0.260 e. The molecule has 0 saturated carbocycles. The number of imide groups is 1. The predicted octanol–water partition coefficient (Wildman–Crippen LogP) is 1.18. The molecule has 4 aromatic rings. The van der Waals surface area contributed by atoms with Crippen LogP contribution in [0.4, 0.5) is 0 Å². The van der Waals surface area contributed by atoms with E-state index >= 15 is 0 Å². The molecule has 0 aromatic carbocycles. The second-order valence-corrected chi connectivity index (χ2v) is 8.74. The van der Waals surface area contributed by atoms with E-state index in [-0.39, 0.29) is 63.0 Å². The van der Waals surface area contributed by atoms with Gasteiger partial charge in [-0.05, 0) is 36.8 Å². The van der Waals surface area contributed by atoms with Crippen LogP contribution >= 0.6 is 0 Å². The second kappa shape index (κ2) is 13.6. The molecule has 5 heterocycles. The first-order chi connectivity index (χ1) is 18.5. The number of aromatic nitrogens is 8. The summed E-state index contributed by atoms with van der Waals surface area (Å²) < 4.78 is 14.8. The quantitative estimate of drug-likeness (QED) is 0.104. The zero-order chi connectivity index (χ0) is 27.1. The maximum absolute atomic E-state index is 11.8. The molecule has 4 aromatic heterocycles. The molecule has 2 radical (unpaired) electrons. The molecule has 0 spiro atoms. The Labute approximate surface area is 239 Å². The van der Waals surface area contributed by atoms with Gasteiger partial charge in [-0.25, -0.2) is 20.3 Å². The summed E-state index contributed by atoms with van der Waals surface area (Å²) in [4.78, 5) is 28.6. The Morgan fingerprint density at radius 2 is 1.13 bits per heavy atom. The molecule has 2 amide bonds. The zero-order valence-electron chi connectivity index (χ0n) is 21.3. The number of aryl methyl sites for hydroxylation is 1. The van der Waals surface area contributed by atoms with E-state index in [9.17, 15) is 9.59 Å². The average molecular weight is 698 g/mol. The van der Waals surface area contributed by atoms with Crippen LogP contribution < -0.4 is 0 Å². The normalized spacial score (nSPS) is 21.6. The molecule has 200 valence electrons. The Morgan fingerprint density at radius 1 is 0.718 bits per heavy atom. The number of allylic oxidation sites excluding steroid dienone is 4. The summed E-state index contributed by atoms with van der Waals surface area (Å²) in [7, 11) is 3.33. The fourth-order valence-corrected chi connectivity index (χ4v) is 4.73. The number of imidazole rings is 1. The number of amides is 2. The van der Waals surface area contributed by atoms with E-state index < -0.39 is 0 Å². The van der Waals surface area contributed by atoms with Gasteiger partial charge in [0, 0.05) is 77.3 Å². The van der Waals surface area contributed by atoms with Crippen molar-refractivity contribution in [2.45, 2.75) is 0 Å². The van der Waals surface area contributed by atoms with Crippen LogP contribution in [-0.2, 0) is 41.7 Å². The maximum atomic E-state index is 11.8. The summed E-state index contributed by atoms with van der Waals surface area (Å²) in [6.45, 7) is 4.50. The first-order valence-corrected chi connectivity index (χ1v) is 11.8. The molecule has 39 heavy (non-hydrogen) atoms. The molecule has 1 fully saturated rings. The minimum absolute atomic E-state index is 0. The predicted molar refractivity (Wildman–Crippen MR) is 136 cm³/mol. The molecule has 1 saturated heterocycles. The summed E-state index contributed by atoms with van der Waals surface area (Å²) in [6, 6.07) is 5.62. The van der Waals surface area contributed by atoms with E-state index in [4.69, 9.17) is 4.65 Å². The van der Waals surface area contributed by atoms with Gasteiger partial charge in [0.2, 0.25) is 11.8 Å². The standard InChI is InChI=1S/C11H11NO2.C9H9BN6.C4H6N2.CO.Re/c1-12-10(13)8-6-2-3-7(5-4-6)9(8)11(12)14;1-4-11-14(7-1)10(15-8-2-5-12-15)16-9-3-6-13-16;1-6-3-2-5-4-6;1-2;/h2-9H,1H3;1-9H;2-4H,1H3;;/q;-1;;;/t6?,7?,8-,9+;;;;. The van der Waals surface area contributed by atoms with Crippen molar-refractivity contribution in [1.29, 1.82) is 0 Å². The number of nitrogens with zero attached hydrogens (tertiary/aromatic N) is 9. The average Bonchev–Trinajstić information content (AvgIpc) is 3.80. The van der Waals surface area contributed by atoms with Crippen molar-refractivity contribution >= 4 is 18.9 Å². The van der Waals surface area contributed by atoms with Crippen molar-refractivity contribution in [3.63, 3.8) is 0 Å². The number of rotatable bonds is 3. The van der Waals surface area contributed by atoms with Gasteiger partial charge in [-0.1, -0.05) is 24.3 Å². The van der Waals surface area contributed by atoms with E-state index in [0.29, 0.717) is 0 Å². The van der Waals surface area contributed by atoms with Gasteiger partial charge in [-0.15, -0.1) is 0 Å². The third-order valence-corrected chi connectivity index (χ3v) is 6.48. The smallest absolute Gasteiger partial charge is 0.260 e. The van der Waals surface area contributed by atoms with Crippen LogP contribution in [0.5, 0.6) is 0 Å². The van der Waals surface area contributed by atoms with Crippen molar-refractivity contribution in [2.24, 2.45) is 30.7 Å². The van der Waals surface area contributed by atoms with E-state index in [2.05, 4.69) is 51.2 Å². The summed E-state index contributed by atoms with van der Waals surface area (Å²) in [5.41, 5.74) is 0. The Morgan fingerprint density at radius 3 is 1.38 bits per heavy atom. The van der Waals surface area contributed by atoms with Gasteiger partial charge < -0.3 is 18.3 Å². The Hall–Kier alpha value is -4.07. The van der Waals surface area contributed by atoms with Gasteiger partial charge in [0.1, 0.15) is 0 Å². The first-order valence-electron chi connectivity index (χ1n) is 11.8. The Bertz CT molecular complexity index is 1250. The van der Waals surface area contributed by atoms with E-state index in [1.54, 1.807) is 51.9 Å². The molecule has 4 aliphatic rings. The van der Waals surface area contributed by atoms with Crippen LogP contribution in [0, 0.1) is 30.3 Å². The number of likely N-dealkylation sites (tertiary alicyclic amines) is 1. The van der Waals surface area contributed by atoms with Gasteiger partial charge in [0.25, 0.3) is 7.12 Å². The summed E-state index contributed by atoms with van der Waals surface area (Å²) in [5, 5.41) is 12.7. The van der Waals surface area contributed by atoms with Gasteiger partial charge >= 0.3 is 11.3 Å². The summed E-state index contributed by atoms with van der Waals surface area (Å²) in [5.74, 6) is 0.0326. The SMILES string of the molecule is CN1C(=O)[C@@H]2C3C=CC(C=C3)[C@@H]2C1=O.Cn1ccnc1.[C-]#[O+].[Re].c1cnn([B-](n2cccn2)n2cccn2)c1. The number of carbonyl (C=O) groups excluding carboxylic acids is 2. The molecule has 0 N–H and O–H groups in total. The molecule has 0 unspecified atom stereocenters. The molecule has 12 nitrogen and oxygen atoms in total. The first kappa shape index (κ1) is 29.5. The van der Waals surface area contributed by atoms with Gasteiger partial charge in [-0.2, -0.15) is 0 Å². The third kappa shape index (κ3) is 6.33. The molecule has 2 bridgehead atoms. The number of hydrogen-bond acceptors (Lipinski definition) is 6. The van der Waals surface area contributed by atoms with E-state index in [1.165, 1.54) is 4.90 Å². The fraction of sp³-hybridized carbons (Fsp3) is 0.240. The topological polar surface area (TPSA) is 129 Å². The van der Waals surface area contributed by atoms with Crippen molar-refractivity contribution in [3.05, 3.63) is 105 Å². The number of carbonyl (C=O) groups is 2. The molecule has 3 aliphatic carbocycles. The van der Waals surface area contributed by atoms with Crippen LogP contribution in [0.15, 0.2) is 98.4 Å². The van der Waals surface area contributed by atoms with E-state index in [1.807, 2.05) is 54.6 Å². The van der Waals surface area contributed by atoms with Crippen LogP contribution in [-0.4, -0.2) is 69.5 Å². The van der Waals surface area contributed by atoms with Gasteiger partial charge in [0.05, 0.1) is 18.2 Å². The summed E-state index contributed by atoms with van der Waals surface area (Å²) in [6.07, 6.45) is 24.5. The van der Waals surface area contributed by atoms with E-state index in [0.717, 1.165) is 0 Å². The van der Waals surface area contributed by atoms with Crippen molar-refractivity contribution in [3.8, 4) is 0 Å². The second-order valence-electron chi connectivity index (χ2n) is 8.74. The van der Waals surface area contributed by atoms with Crippen LogP contribution in [0.1, 0.15) is 0 Å². The molecule has 1 aliphatic heterocycles. The van der Waals surface area contributed by atoms with Crippen molar-refractivity contribution in [1.82, 2.24) is 43.5 Å². The van der Waals surface area contributed by atoms with Gasteiger partial charge in [0.15, 0.2) is 0 Å². The van der Waals surface area contributed by atoms with Crippen LogP contribution in [0.2, 0.25) is 0 Å². The number of hydrogen-bond donors (Lipinski definition) is 0. The minimum Gasteiger partial charge on any atom is -0.425 e. The van der Waals surface area contributed by atoms with Crippen LogP contribution in [0.25, 0.3) is 0 Å².